The SMILES string of the molecule is OCC1CC[NH+](C[B-](F)(F)F)CC1. The molecule has 1 heterocycles. The van der Waals surface area contributed by atoms with E-state index < -0.39 is 13.4 Å². The normalized spacial score (nSPS) is 30.5. The average molecular weight is 197 g/mol. The highest BCUT2D eigenvalue weighted by Crippen LogP contribution is 2.09. The first-order chi connectivity index (χ1) is 6.01. The van der Waals surface area contributed by atoms with Crippen LogP contribution in [0.4, 0.5) is 12.9 Å². The van der Waals surface area contributed by atoms with Crippen LogP contribution >= 0.6 is 0 Å². The van der Waals surface area contributed by atoms with E-state index >= 15 is 0 Å². The third-order valence-corrected chi connectivity index (χ3v) is 2.59. The summed E-state index contributed by atoms with van der Waals surface area (Å²) in [7, 11) is 0. The number of aliphatic hydroxyl groups excluding tert-OH is 1. The van der Waals surface area contributed by atoms with E-state index in [4.69, 9.17) is 5.11 Å². The minimum atomic E-state index is -4.65. The van der Waals surface area contributed by atoms with E-state index in [0.717, 1.165) is 12.8 Å². The molecule has 0 aromatic carbocycles. The van der Waals surface area contributed by atoms with Gasteiger partial charge in [0, 0.05) is 19.4 Å². The highest BCUT2D eigenvalue weighted by molar-refractivity contribution is 6.58. The molecule has 0 saturated carbocycles. The molecule has 1 aliphatic rings. The molecule has 1 fully saturated rings. The van der Waals surface area contributed by atoms with Gasteiger partial charge < -0.3 is 23.0 Å². The third kappa shape index (κ3) is 4.00. The van der Waals surface area contributed by atoms with Crippen LogP contribution in [0.3, 0.4) is 0 Å². The lowest BCUT2D eigenvalue weighted by Gasteiger charge is -2.31. The first kappa shape index (κ1) is 10.9. The summed E-state index contributed by atoms with van der Waals surface area (Å²) in [6.07, 6.45) is 0.772. The van der Waals surface area contributed by atoms with Gasteiger partial charge >= 0.3 is 6.98 Å². The van der Waals surface area contributed by atoms with Crippen LogP contribution in [0.1, 0.15) is 12.8 Å². The summed E-state index contributed by atoms with van der Waals surface area (Å²) >= 11 is 0. The average Bonchev–Trinajstić information content (AvgIpc) is 2.03. The molecule has 0 aromatic rings. The second-order valence-electron chi connectivity index (χ2n) is 3.79. The largest absolute Gasteiger partial charge is 0.531 e. The smallest absolute Gasteiger partial charge is 0.445 e. The lowest BCUT2D eigenvalue weighted by Crippen LogP contribution is -3.15. The molecule has 0 unspecified atom stereocenters. The van der Waals surface area contributed by atoms with E-state index in [-0.39, 0.29) is 12.5 Å². The van der Waals surface area contributed by atoms with E-state index in [1.54, 1.807) is 0 Å². The standard InChI is InChI=1S/C7H14BF3NO/c9-8(10,11)6-12-3-1-7(5-13)2-4-12/h7,13H,1-6H2/q-1/p+1. The number of piperidine rings is 1. The van der Waals surface area contributed by atoms with Crippen molar-refractivity contribution in [1.82, 2.24) is 0 Å². The number of rotatable bonds is 3. The van der Waals surface area contributed by atoms with Gasteiger partial charge in [0.05, 0.1) is 19.5 Å². The molecule has 0 bridgehead atoms. The summed E-state index contributed by atoms with van der Waals surface area (Å²) < 4.78 is 36.0. The van der Waals surface area contributed by atoms with Crippen LogP contribution in [0.5, 0.6) is 0 Å². The summed E-state index contributed by atoms with van der Waals surface area (Å²) in [6, 6.07) is 0. The molecule has 78 valence electrons. The number of nitrogens with one attached hydrogen (secondary N) is 1. The first-order valence-electron chi connectivity index (χ1n) is 4.66. The Morgan fingerprint density at radius 1 is 1.23 bits per heavy atom. The zero-order valence-electron chi connectivity index (χ0n) is 7.48. The van der Waals surface area contributed by atoms with Crippen LogP contribution in [0, 0.1) is 5.92 Å². The van der Waals surface area contributed by atoms with Crippen molar-refractivity contribution >= 4 is 6.98 Å². The Bertz CT molecular complexity index is 156. The maximum Gasteiger partial charge on any atom is 0.531 e. The van der Waals surface area contributed by atoms with E-state index in [9.17, 15) is 12.9 Å². The van der Waals surface area contributed by atoms with Crippen LogP contribution in [0.25, 0.3) is 0 Å². The van der Waals surface area contributed by atoms with Crippen LogP contribution in [0.2, 0.25) is 0 Å². The van der Waals surface area contributed by atoms with Crippen molar-refractivity contribution in [3.05, 3.63) is 0 Å². The summed E-state index contributed by atoms with van der Waals surface area (Å²) in [6.45, 7) is -3.44. The van der Waals surface area contributed by atoms with Crippen molar-refractivity contribution in [1.29, 1.82) is 0 Å². The number of halogens is 3. The molecule has 6 heteroatoms. The van der Waals surface area contributed by atoms with Crippen molar-refractivity contribution in [2.24, 2.45) is 5.92 Å². The topological polar surface area (TPSA) is 24.7 Å². The third-order valence-electron chi connectivity index (χ3n) is 2.59. The molecular weight excluding hydrogens is 182 g/mol. The fraction of sp³-hybridized carbons (Fsp3) is 1.00. The Hall–Kier alpha value is -0.225. The Morgan fingerprint density at radius 2 is 1.77 bits per heavy atom. The predicted octanol–water partition coefficient (Wildman–Crippen LogP) is -0.340. The summed E-state index contributed by atoms with van der Waals surface area (Å²) in [5.41, 5.74) is 0. The fourth-order valence-corrected chi connectivity index (χ4v) is 1.80. The van der Waals surface area contributed by atoms with Gasteiger partial charge in [-0.05, 0) is 5.92 Å². The quantitative estimate of drug-likeness (QED) is 0.594. The highest BCUT2D eigenvalue weighted by Gasteiger charge is 2.32. The van der Waals surface area contributed by atoms with E-state index in [1.165, 1.54) is 0 Å². The zero-order chi connectivity index (χ0) is 9.90. The number of aliphatic hydroxyl groups is 1. The maximum absolute atomic E-state index is 12.0. The molecule has 0 amide bonds. The molecule has 1 rings (SSSR count). The van der Waals surface area contributed by atoms with Crippen molar-refractivity contribution in [2.75, 3.05) is 26.1 Å². The predicted molar refractivity (Wildman–Crippen MR) is 44.5 cm³/mol. The summed E-state index contributed by atoms with van der Waals surface area (Å²) in [5.74, 6) is 0.226. The number of hydrogen-bond donors (Lipinski definition) is 2. The Labute approximate surface area is 75.8 Å². The monoisotopic (exact) mass is 197 g/mol. The molecule has 13 heavy (non-hydrogen) atoms. The molecule has 0 aliphatic carbocycles. The highest BCUT2D eigenvalue weighted by atomic mass is 19.4. The van der Waals surface area contributed by atoms with Crippen molar-refractivity contribution in [3.8, 4) is 0 Å². The Balaban J connectivity index is 2.25. The molecule has 1 aliphatic heterocycles. The second kappa shape index (κ2) is 4.33. The Kier molecular flexibility index (Phi) is 3.61. The number of quaternary nitrogens is 1. The van der Waals surface area contributed by atoms with Gasteiger partial charge in [0.25, 0.3) is 0 Å². The van der Waals surface area contributed by atoms with Gasteiger partial charge in [0.2, 0.25) is 0 Å². The van der Waals surface area contributed by atoms with Crippen molar-refractivity contribution in [2.45, 2.75) is 12.8 Å². The van der Waals surface area contributed by atoms with Crippen LogP contribution in [0.15, 0.2) is 0 Å². The van der Waals surface area contributed by atoms with Gasteiger partial charge in [-0.2, -0.15) is 0 Å². The molecule has 2 nitrogen and oxygen atoms in total. The van der Waals surface area contributed by atoms with Crippen molar-refractivity contribution in [3.63, 3.8) is 0 Å². The minimum Gasteiger partial charge on any atom is -0.445 e. The molecular formula is C7H15BF3NO. The second-order valence-corrected chi connectivity index (χ2v) is 3.79. The van der Waals surface area contributed by atoms with Gasteiger partial charge in [-0.1, -0.05) is 0 Å². The number of likely N-dealkylation sites (tertiary alicyclic amines) is 1. The minimum absolute atomic E-state index is 0.116. The first-order valence-corrected chi connectivity index (χ1v) is 4.66. The number of hydrogen-bond acceptors (Lipinski definition) is 1. The zero-order valence-corrected chi connectivity index (χ0v) is 7.48. The lowest BCUT2D eigenvalue weighted by molar-refractivity contribution is -0.897. The maximum atomic E-state index is 12.0. The van der Waals surface area contributed by atoms with Crippen molar-refractivity contribution < 1.29 is 23.0 Å². The summed E-state index contributed by atoms with van der Waals surface area (Å²) in [4.78, 5) is 0.622. The summed E-state index contributed by atoms with van der Waals surface area (Å²) in [5, 5.41) is 8.78. The van der Waals surface area contributed by atoms with Crippen LogP contribution < -0.4 is 4.90 Å². The lowest BCUT2D eigenvalue weighted by atomic mass is 9.88. The van der Waals surface area contributed by atoms with Gasteiger partial charge in [0.15, 0.2) is 0 Å². The molecule has 1 saturated heterocycles. The molecule has 2 N–H and O–H groups in total. The molecule has 0 aromatic heterocycles. The van der Waals surface area contributed by atoms with Gasteiger partial charge in [-0.3, -0.25) is 0 Å². The van der Waals surface area contributed by atoms with E-state index in [1.807, 2.05) is 0 Å². The molecule has 0 spiro atoms. The molecule has 0 radical (unpaired) electrons. The molecule has 0 atom stereocenters. The van der Waals surface area contributed by atoms with E-state index in [2.05, 4.69) is 0 Å². The van der Waals surface area contributed by atoms with Crippen LogP contribution in [-0.4, -0.2) is 38.2 Å². The Morgan fingerprint density at radius 3 is 2.15 bits per heavy atom. The van der Waals surface area contributed by atoms with E-state index in [0.29, 0.717) is 18.0 Å². The fourth-order valence-electron chi connectivity index (χ4n) is 1.80. The van der Waals surface area contributed by atoms with Gasteiger partial charge in [-0.15, -0.1) is 0 Å². The van der Waals surface area contributed by atoms with Crippen LogP contribution in [-0.2, 0) is 0 Å². The van der Waals surface area contributed by atoms with Gasteiger partial charge in [-0.25, -0.2) is 0 Å². The van der Waals surface area contributed by atoms with Gasteiger partial charge in [0.1, 0.15) is 0 Å².